The highest BCUT2D eigenvalue weighted by atomic mass is 16.5. The van der Waals surface area contributed by atoms with Gasteiger partial charge >= 0.3 is 5.97 Å². The van der Waals surface area contributed by atoms with Crippen molar-refractivity contribution in [1.82, 2.24) is 20.2 Å². The maximum Gasteiger partial charge on any atom is 0.357 e. The van der Waals surface area contributed by atoms with Crippen molar-refractivity contribution in [2.24, 2.45) is 0 Å². The van der Waals surface area contributed by atoms with Gasteiger partial charge in [-0.25, -0.2) is 14.8 Å². The van der Waals surface area contributed by atoms with Crippen LogP contribution in [0.2, 0.25) is 0 Å². The molecule has 0 spiro atoms. The van der Waals surface area contributed by atoms with E-state index in [0.29, 0.717) is 11.4 Å². The van der Waals surface area contributed by atoms with Gasteiger partial charge in [0.25, 0.3) is 0 Å². The van der Waals surface area contributed by atoms with Crippen molar-refractivity contribution in [2.75, 3.05) is 0 Å². The molecule has 21 heavy (non-hydrogen) atoms. The van der Waals surface area contributed by atoms with Crippen LogP contribution in [0, 0.1) is 6.92 Å². The molecule has 108 valence electrons. The number of H-pyrrole nitrogens is 1. The number of nitrogens with one attached hydrogen (secondary N) is 1. The summed E-state index contributed by atoms with van der Waals surface area (Å²) in [4.78, 5) is 31.9. The summed E-state index contributed by atoms with van der Waals surface area (Å²) in [5.74, 6) is -0.544. The molecule has 0 amide bonds. The Morgan fingerprint density at radius 3 is 3.05 bits per heavy atom. The number of fused-ring (bicyclic) bond motifs is 1. The van der Waals surface area contributed by atoms with Crippen molar-refractivity contribution in [2.45, 2.75) is 32.8 Å². The molecule has 7 nitrogen and oxygen atoms in total. The Morgan fingerprint density at radius 1 is 1.38 bits per heavy atom. The van der Waals surface area contributed by atoms with Gasteiger partial charge in [0, 0.05) is 23.0 Å². The third-order valence-electron chi connectivity index (χ3n) is 3.41. The van der Waals surface area contributed by atoms with Gasteiger partial charge in [0.15, 0.2) is 5.69 Å². The Bertz CT molecular complexity index is 754. The van der Waals surface area contributed by atoms with Crippen LogP contribution in [0.15, 0.2) is 17.2 Å². The Morgan fingerprint density at radius 2 is 2.24 bits per heavy atom. The van der Waals surface area contributed by atoms with Gasteiger partial charge in [0.1, 0.15) is 18.6 Å². The predicted octanol–water partition coefficient (Wildman–Crippen LogP) is 0.714. The van der Waals surface area contributed by atoms with E-state index in [4.69, 9.17) is 4.74 Å². The molecule has 1 aliphatic carbocycles. The molecule has 2 aromatic heterocycles. The SMILES string of the molecule is Cc1cc(=O)c(COC(=O)c2ncnc3c2CCC3)n[nH]1. The fraction of sp³-hybridized carbons (Fsp3) is 0.357. The number of aromatic nitrogens is 4. The summed E-state index contributed by atoms with van der Waals surface area (Å²) in [6.45, 7) is 1.56. The maximum absolute atomic E-state index is 12.1. The van der Waals surface area contributed by atoms with E-state index in [1.54, 1.807) is 6.92 Å². The third-order valence-corrected chi connectivity index (χ3v) is 3.41. The van der Waals surface area contributed by atoms with Crippen LogP contribution in [0.1, 0.15) is 39.6 Å². The summed E-state index contributed by atoms with van der Waals surface area (Å²) in [5.41, 5.74) is 2.62. The summed E-state index contributed by atoms with van der Waals surface area (Å²) >= 11 is 0. The first-order valence-corrected chi connectivity index (χ1v) is 6.70. The largest absolute Gasteiger partial charge is 0.454 e. The van der Waals surface area contributed by atoms with Crippen LogP contribution < -0.4 is 5.43 Å². The summed E-state index contributed by atoms with van der Waals surface area (Å²) in [5, 5.41) is 6.55. The molecule has 1 N–H and O–H groups in total. The zero-order chi connectivity index (χ0) is 14.8. The van der Waals surface area contributed by atoms with Crippen LogP contribution in [0.4, 0.5) is 0 Å². The molecule has 2 aromatic rings. The number of aryl methyl sites for hydroxylation is 2. The summed E-state index contributed by atoms with van der Waals surface area (Å²) in [7, 11) is 0. The molecule has 1 aliphatic rings. The van der Waals surface area contributed by atoms with Gasteiger partial charge in [-0.2, -0.15) is 5.10 Å². The number of carbonyl (C=O) groups is 1. The summed E-state index contributed by atoms with van der Waals surface area (Å²) in [6.07, 6.45) is 3.98. The van der Waals surface area contributed by atoms with E-state index in [-0.39, 0.29) is 17.7 Å². The molecule has 0 atom stereocenters. The third kappa shape index (κ3) is 2.67. The molecule has 0 fully saturated rings. The highest BCUT2D eigenvalue weighted by Crippen LogP contribution is 2.22. The number of esters is 1. The Kier molecular flexibility index (Phi) is 3.47. The van der Waals surface area contributed by atoms with Gasteiger partial charge in [-0.15, -0.1) is 0 Å². The first-order chi connectivity index (χ1) is 10.1. The number of nitrogens with zero attached hydrogens (tertiary/aromatic N) is 3. The number of hydrogen-bond donors (Lipinski definition) is 1. The van der Waals surface area contributed by atoms with Crippen molar-refractivity contribution in [3.63, 3.8) is 0 Å². The normalized spacial score (nSPS) is 13.0. The smallest absolute Gasteiger partial charge is 0.357 e. The van der Waals surface area contributed by atoms with Crippen molar-refractivity contribution >= 4 is 5.97 Å². The number of hydrogen-bond acceptors (Lipinski definition) is 6. The van der Waals surface area contributed by atoms with Crippen LogP contribution in [0.25, 0.3) is 0 Å². The zero-order valence-electron chi connectivity index (χ0n) is 11.5. The molecule has 2 heterocycles. The molecule has 0 unspecified atom stereocenters. The first kappa shape index (κ1) is 13.4. The number of ether oxygens (including phenoxy) is 1. The van der Waals surface area contributed by atoms with Gasteiger partial charge in [-0.05, 0) is 26.2 Å². The van der Waals surface area contributed by atoms with Crippen LogP contribution in [0.3, 0.4) is 0 Å². The average molecular weight is 286 g/mol. The van der Waals surface area contributed by atoms with Gasteiger partial charge in [-0.3, -0.25) is 9.89 Å². The van der Waals surface area contributed by atoms with E-state index in [2.05, 4.69) is 20.2 Å². The molecule has 0 radical (unpaired) electrons. The predicted molar refractivity (Wildman–Crippen MR) is 72.8 cm³/mol. The summed E-state index contributed by atoms with van der Waals surface area (Å²) < 4.78 is 5.15. The van der Waals surface area contributed by atoms with Crippen LogP contribution in [-0.4, -0.2) is 26.1 Å². The summed E-state index contributed by atoms with van der Waals surface area (Å²) in [6, 6.07) is 1.42. The van der Waals surface area contributed by atoms with E-state index >= 15 is 0 Å². The van der Waals surface area contributed by atoms with Gasteiger partial charge in [-0.1, -0.05) is 0 Å². The second-order valence-corrected chi connectivity index (χ2v) is 4.94. The molecule has 0 bridgehead atoms. The fourth-order valence-corrected chi connectivity index (χ4v) is 2.36. The molecular formula is C14H14N4O3. The Balaban J connectivity index is 1.76. The quantitative estimate of drug-likeness (QED) is 0.835. The van der Waals surface area contributed by atoms with E-state index < -0.39 is 5.97 Å². The van der Waals surface area contributed by atoms with Crippen molar-refractivity contribution in [3.8, 4) is 0 Å². The molecule has 3 rings (SSSR count). The topological polar surface area (TPSA) is 97.8 Å². The highest BCUT2D eigenvalue weighted by molar-refractivity contribution is 5.89. The minimum atomic E-state index is -0.544. The lowest BCUT2D eigenvalue weighted by atomic mass is 10.2. The lowest BCUT2D eigenvalue weighted by Crippen LogP contribution is -2.17. The van der Waals surface area contributed by atoms with Crippen LogP contribution >= 0.6 is 0 Å². The minimum Gasteiger partial charge on any atom is -0.454 e. The average Bonchev–Trinajstić information content (AvgIpc) is 2.94. The number of aromatic amines is 1. The fourth-order valence-electron chi connectivity index (χ4n) is 2.36. The standard InChI is InChI=1S/C14H14N4O3/c1-8-5-12(19)11(18-17-8)6-21-14(20)13-9-3-2-4-10(9)15-7-16-13/h5,7H,2-4,6H2,1H3,(H,17,19). The number of carbonyl (C=O) groups excluding carboxylic acids is 1. The number of rotatable bonds is 3. The zero-order valence-corrected chi connectivity index (χ0v) is 11.5. The van der Waals surface area contributed by atoms with Crippen molar-refractivity contribution < 1.29 is 9.53 Å². The van der Waals surface area contributed by atoms with Crippen molar-refractivity contribution in [1.29, 1.82) is 0 Å². The highest BCUT2D eigenvalue weighted by Gasteiger charge is 2.22. The maximum atomic E-state index is 12.1. The van der Waals surface area contributed by atoms with E-state index in [0.717, 1.165) is 30.5 Å². The Hall–Kier alpha value is -2.57. The second kappa shape index (κ2) is 5.43. The molecule has 0 aromatic carbocycles. The van der Waals surface area contributed by atoms with E-state index in [1.807, 2.05) is 0 Å². The lowest BCUT2D eigenvalue weighted by molar-refractivity contribution is 0.0457. The molecule has 0 aliphatic heterocycles. The molecule has 0 saturated carbocycles. The monoisotopic (exact) mass is 286 g/mol. The Labute approximate surface area is 120 Å². The second-order valence-electron chi connectivity index (χ2n) is 4.94. The van der Waals surface area contributed by atoms with Crippen LogP contribution in [-0.2, 0) is 24.2 Å². The van der Waals surface area contributed by atoms with E-state index in [1.165, 1.54) is 12.4 Å². The lowest BCUT2D eigenvalue weighted by Gasteiger charge is -2.06. The minimum absolute atomic E-state index is 0.166. The molecule has 7 heteroatoms. The van der Waals surface area contributed by atoms with Gasteiger partial charge < -0.3 is 4.74 Å². The van der Waals surface area contributed by atoms with Gasteiger partial charge in [0.05, 0.1) is 0 Å². The van der Waals surface area contributed by atoms with Crippen LogP contribution in [0.5, 0.6) is 0 Å². The van der Waals surface area contributed by atoms with Gasteiger partial charge in [0.2, 0.25) is 5.43 Å². The van der Waals surface area contributed by atoms with E-state index in [9.17, 15) is 9.59 Å². The molecular weight excluding hydrogens is 272 g/mol. The molecule has 0 saturated heterocycles. The first-order valence-electron chi connectivity index (χ1n) is 6.70. The van der Waals surface area contributed by atoms with Crippen molar-refractivity contribution in [3.05, 3.63) is 51.0 Å².